The van der Waals surface area contributed by atoms with Crippen LogP contribution in [0.1, 0.15) is 18.4 Å². The van der Waals surface area contributed by atoms with Crippen molar-refractivity contribution >= 4 is 11.6 Å². The summed E-state index contributed by atoms with van der Waals surface area (Å²) in [6.07, 6.45) is 1.72. The van der Waals surface area contributed by atoms with Gasteiger partial charge in [0.2, 0.25) is 5.91 Å². The lowest BCUT2D eigenvalue weighted by Gasteiger charge is -2.19. The van der Waals surface area contributed by atoms with Crippen LogP contribution in [0.2, 0.25) is 0 Å². The van der Waals surface area contributed by atoms with Gasteiger partial charge in [0.1, 0.15) is 0 Å². The predicted molar refractivity (Wildman–Crippen MR) is 86.1 cm³/mol. The van der Waals surface area contributed by atoms with E-state index in [1.54, 1.807) is 0 Å². The van der Waals surface area contributed by atoms with E-state index in [9.17, 15) is 4.79 Å². The van der Waals surface area contributed by atoms with Gasteiger partial charge in [-0.25, -0.2) is 0 Å². The molecule has 1 fully saturated rings. The summed E-state index contributed by atoms with van der Waals surface area (Å²) < 4.78 is 0. The van der Waals surface area contributed by atoms with Crippen LogP contribution >= 0.6 is 0 Å². The zero-order chi connectivity index (χ0) is 15.1. The smallest absolute Gasteiger partial charge is 0.225 e. The Morgan fingerprint density at radius 2 is 2.14 bits per heavy atom. The molecule has 5 nitrogen and oxygen atoms in total. The molecule has 1 aliphatic rings. The van der Waals surface area contributed by atoms with Crippen LogP contribution in [0.25, 0.3) is 0 Å². The van der Waals surface area contributed by atoms with E-state index in [2.05, 4.69) is 22.2 Å². The highest BCUT2D eigenvalue weighted by molar-refractivity contribution is 5.90. The van der Waals surface area contributed by atoms with Crippen LogP contribution in [0.15, 0.2) is 24.3 Å². The van der Waals surface area contributed by atoms with Gasteiger partial charge in [-0.05, 0) is 44.3 Å². The fourth-order valence-electron chi connectivity index (χ4n) is 2.58. The number of rotatable bonds is 5. The lowest BCUT2D eigenvalue weighted by molar-refractivity contribution is -0.116. The van der Waals surface area contributed by atoms with Crippen molar-refractivity contribution in [1.82, 2.24) is 9.80 Å². The number of nitrogens with zero attached hydrogens (tertiary/aromatic N) is 2. The number of anilines is 1. The minimum absolute atomic E-state index is 0.0711. The molecule has 1 heterocycles. The van der Waals surface area contributed by atoms with Crippen LogP contribution in [0.5, 0.6) is 0 Å². The van der Waals surface area contributed by atoms with Gasteiger partial charge in [-0.2, -0.15) is 0 Å². The SMILES string of the molecule is CN1CCCN(CCC(=O)Nc2cccc(CN)c2)CC1. The number of nitrogens with one attached hydrogen (secondary N) is 1. The molecule has 0 saturated carbocycles. The molecule has 1 aliphatic heterocycles. The topological polar surface area (TPSA) is 61.6 Å². The Morgan fingerprint density at radius 3 is 2.95 bits per heavy atom. The minimum Gasteiger partial charge on any atom is -0.326 e. The average molecular weight is 290 g/mol. The Balaban J connectivity index is 1.76. The molecular formula is C16H26N4O. The van der Waals surface area contributed by atoms with E-state index in [1.807, 2.05) is 24.3 Å². The summed E-state index contributed by atoms with van der Waals surface area (Å²) in [5.41, 5.74) is 7.47. The second-order valence-corrected chi connectivity index (χ2v) is 5.70. The van der Waals surface area contributed by atoms with E-state index >= 15 is 0 Å². The van der Waals surface area contributed by atoms with Crippen LogP contribution < -0.4 is 11.1 Å². The first-order chi connectivity index (χ1) is 10.2. The highest BCUT2D eigenvalue weighted by atomic mass is 16.1. The lowest BCUT2D eigenvalue weighted by atomic mass is 10.2. The molecule has 3 N–H and O–H groups in total. The molecule has 0 bridgehead atoms. The zero-order valence-electron chi connectivity index (χ0n) is 12.8. The van der Waals surface area contributed by atoms with E-state index in [0.717, 1.165) is 44.0 Å². The third-order valence-corrected chi connectivity index (χ3v) is 3.91. The molecule has 0 atom stereocenters. The number of hydrogen-bond acceptors (Lipinski definition) is 4. The first-order valence-electron chi connectivity index (χ1n) is 7.67. The maximum Gasteiger partial charge on any atom is 0.225 e. The average Bonchev–Trinajstić information content (AvgIpc) is 2.70. The Bertz CT molecular complexity index is 463. The number of likely N-dealkylation sites (N-methyl/N-ethyl adjacent to an activating group) is 1. The van der Waals surface area contributed by atoms with Crippen molar-refractivity contribution in [2.24, 2.45) is 5.73 Å². The van der Waals surface area contributed by atoms with Crippen molar-refractivity contribution in [3.63, 3.8) is 0 Å². The normalized spacial score (nSPS) is 17.4. The van der Waals surface area contributed by atoms with Crippen LogP contribution in [0.4, 0.5) is 5.69 Å². The number of benzene rings is 1. The summed E-state index contributed by atoms with van der Waals surface area (Å²) in [6, 6.07) is 7.71. The van der Waals surface area contributed by atoms with Gasteiger partial charge in [-0.15, -0.1) is 0 Å². The van der Waals surface area contributed by atoms with Gasteiger partial charge in [0.25, 0.3) is 0 Å². The highest BCUT2D eigenvalue weighted by Crippen LogP contribution is 2.10. The Kier molecular flexibility index (Phi) is 6.17. The van der Waals surface area contributed by atoms with Crippen molar-refractivity contribution in [1.29, 1.82) is 0 Å². The van der Waals surface area contributed by atoms with Crippen molar-refractivity contribution < 1.29 is 4.79 Å². The Hall–Kier alpha value is -1.43. The molecule has 1 aromatic carbocycles. The van der Waals surface area contributed by atoms with Gasteiger partial charge in [0.15, 0.2) is 0 Å². The number of nitrogens with two attached hydrogens (primary N) is 1. The Morgan fingerprint density at radius 1 is 1.29 bits per heavy atom. The summed E-state index contributed by atoms with van der Waals surface area (Å²) in [7, 11) is 2.15. The summed E-state index contributed by atoms with van der Waals surface area (Å²) in [4.78, 5) is 16.7. The first-order valence-corrected chi connectivity index (χ1v) is 7.67. The van der Waals surface area contributed by atoms with Gasteiger partial charge < -0.3 is 20.9 Å². The van der Waals surface area contributed by atoms with Gasteiger partial charge in [0, 0.05) is 38.3 Å². The molecule has 2 rings (SSSR count). The molecule has 1 saturated heterocycles. The largest absolute Gasteiger partial charge is 0.326 e. The van der Waals surface area contributed by atoms with Crippen molar-refractivity contribution in [3.05, 3.63) is 29.8 Å². The summed E-state index contributed by atoms with van der Waals surface area (Å²) in [5, 5.41) is 2.95. The third-order valence-electron chi connectivity index (χ3n) is 3.91. The second kappa shape index (κ2) is 8.12. The second-order valence-electron chi connectivity index (χ2n) is 5.70. The van der Waals surface area contributed by atoms with Crippen LogP contribution in [-0.4, -0.2) is 55.5 Å². The van der Waals surface area contributed by atoms with Crippen LogP contribution in [0.3, 0.4) is 0 Å². The zero-order valence-corrected chi connectivity index (χ0v) is 12.8. The maximum atomic E-state index is 12.0. The molecule has 0 radical (unpaired) electrons. The molecule has 21 heavy (non-hydrogen) atoms. The van der Waals surface area contributed by atoms with E-state index in [4.69, 9.17) is 5.73 Å². The van der Waals surface area contributed by atoms with E-state index in [-0.39, 0.29) is 5.91 Å². The van der Waals surface area contributed by atoms with Crippen LogP contribution in [-0.2, 0) is 11.3 Å². The quantitative estimate of drug-likeness (QED) is 0.853. The maximum absolute atomic E-state index is 12.0. The Labute approximate surface area is 127 Å². The molecular weight excluding hydrogens is 264 g/mol. The van der Waals surface area contributed by atoms with E-state index < -0.39 is 0 Å². The number of carbonyl (C=O) groups excluding carboxylic acids is 1. The number of carbonyl (C=O) groups is 1. The minimum atomic E-state index is 0.0711. The van der Waals surface area contributed by atoms with Crippen molar-refractivity contribution in [3.8, 4) is 0 Å². The third kappa shape index (κ3) is 5.46. The number of amides is 1. The molecule has 0 aromatic heterocycles. The number of hydrogen-bond donors (Lipinski definition) is 2. The van der Waals surface area contributed by atoms with Gasteiger partial charge in [-0.1, -0.05) is 12.1 Å². The molecule has 0 aliphatic carbocycles. The fourth-order valence-corrected chi connectivity index (χ4v) is 2.58. The monoisotopic (exact) mass is 290 g/mol. The van der Waals surface area contributed by atoms with Gasteiger partial charge >= 0.3 is 0 Å². The lowest BCUT2D eigenvalue weighted by Crippen LogP contribution is -2.31. The van der Waals surface area contributed by atoms with Gasteiger partial charge in [0.05, 0.1) is 0 Å². The van der Waals surface area contributed by atoms with Crippen LogP contribution in [0, 0.1) is 0 Å². The standard InChI is InChI=1S/C16H26N4O/c1-19-7-3-8-20(11-10-19)9-6-16(21)18-15-5-2-4-14(12-15)13-17/h2,4-5,12H,3,6-11,13,17H2,1H3,(H,18,21). The fraction of sp³-hybridized carbons (Fsp3) is 0.562. The molecule has 5 heteroatoms. The molecule has 0 spiro atoms. The first kappa shape index (κ1) is 15.9. The molecule has 1 amide bonds. The summed E-state index contributed by atoms with van der Waals surface area (Å²) in [5.74, 6) is 0.0711. The summed E-state index contributed by atoms with van der Waals surface area (Å²) in [6.45, 7) is 5.68. The van der Waals surface area contributed by atoms with Crippen molar-refractivity contribution in [2.45, 2.75) is 19.4 Å². The van der Waals surface area contributed by atoms with Gasteiger partial charge in [-0.3, -0.25) is 4.79 Å². The highest BCUT2D eigenvalue weighted by Gasteiger charge is 2.13. The van der Waals surface area contributed by atoms with Crippen molar-refractivity contribution in [2.75, 3.05) is 45.1 Å². The van der Waals surface area contributed by atoms with E-state index in [0.29, 0.717) is 13.0 Å². The molecule has 1 aromatic rings. The molecule has 116 valence electrons. The predicted octanol–water partition coefficient (Wildman–Crippen LogP) is 1.11. The summed E-state index contributed by atoms with van der Waals surface area (Å²) >= 11 is 0. The molecule has 0 unspecified atom stereocenters. The van der Waals surface area contributed by atoms with E-state index in [1.165, 1.54) is 6.42 Å².